The van der Waals surface area contributed by atoms with Crippen LogP contribution in [0.2, 0.25) is 0 Å². The molecule has 1 heterocycles. The third kappa shape index (κ3) is 3.11. The third-order valence-corrected chi connectivity index (χ3v) is 2.59. The molecule has 1 atom stereocenters. The van der Waals surface area contributed by atoms with E-state index < -0.39 is 0 Å². The van der Waals surface area contributed by atoms with Gasteiger partial charge in [-0.2, -0.15) is 0 Å². The van der Waals surface area contributed by atoms with Crippen LogP contribution in [0.25, 0.3) is 0 Å². The molecule has 0 aromatic rings. The maximum atomic E-state index is 3.51. The van der Waals surface area contributed by atoms with E-state index in [0.29, 0.717) is 0 Å². The quantitative estimate of drug-likeness (QED) is 0.672. The van der Waals surface area contributed by atoms with Gasteiger partial charge in [0.1, 0.15) is 0 Å². The molecule has 0 aromatic carbocycles. The highest BCUT2D eigenvalue weighted by Crippen LogP contribution is 2.09. The van der Waals surface area contributed by atoms with E-state index >= 15 is 0 Å². The van der Waals surface area contributed by atoms with Crippen LogP contribution in [-0.4, -0.2) is 37.1 Å². The van der Waals surface area contributed by atoms with Crippen molar-refractivity contribution in [3.8, 4) is 0 Å². The van der Waals surface area contributed by atoms with Gasteiger partial charge < -0.3 is 10.2 Å². The zero-order chi connectivity index (χ0) is 8.81. The largest absolute Gasteiger partial charge is 0.313 e. The second kappa shape index (κ2) is 5.55. The summed E-state index contributed by atoms with van der Waals surface area (Å²) in [5.41, 5.74) is 0. The molecule has 1 aliphatic heterocycles. The van der Waals surface area contributed by atoms with Crippen LogP contribution in [0.5, 0.6) is 0 Å². The van der Waals surface area contributed by atoms with Crippen LogP contribution in [-0.2, 0) is 0 Å². The Morgan fingerprint density at radius 1 is 1.42 bits per heavy atom. The SMILES string of the molecule is CCCCN1CCC(NCC)C1. The van der Waals surface area contributed by atoms with Gasteiger partial charge in [0.25, 0.3) is 0 Å². The number of nitrogens with one attached hydrogen (secondary N) is 1. The lowest BCUT2D eigenvalue weighted by molar-refractivity contribution is 0.322. The topological polar surface area (TPSA) is 15.3 Å². The fraction of sp³-hybridized carbons (Fsp3) is 1.00. The Bertz CT molecular complexity index is 114. The third-order valence-electron chi connectivity index (χ3n) is 2.59. The maximum absolute atomic E-state index is 3.51. The van der Waals surface area contributed by atoms with E-state index in [-0.39, 0.29) is 0 Å². The van der Waals surface area contributed by atoms with Crippen LogP contribution in [0.4, 0.5) is 0 Å². The monoisotopic (exact) mass is 170 g/mol. The van der Waals surface area contributed by atoms with Gasteiger partial charge in [0.15, 0.2) is 0 Å². The van der Waals surface area contributed by atoms with Crippen LogP contribution >= 0.6 is 0 Å². The average molecular weight is 170 g/mol. The molecule has 72 valence electrons. The van der Waals surface area contributed by atoms with E-state index in [0.717, 1.165) is 12.6 Å². The molecule has 1 unspecified atom stereocenters. The van der Waals surface area contributed by atoms with Crippen molar-refractivity contribution in [2.24, 2.45) is 0 Å². The molecule has 0 radical (unpaired) electrons. The highest BCUT2D eigenvalue weighted by Gasteiger charge is 2.20. The molecule has 0 spiro atoms. The first kappa shape index (κ1) is 10.0. The van der Waals surface area contributed by atoms with E-state index in [2.05, 4.69) is 24.1 Å². The van der Waals surface area contributed by atoms with Gasteiger partial charge >= 0.3 is 0 Å². The molecule has 1 fully saturated rings. The molecule has 1 N–H and O–H groups in total. The van der Waals surface area contributed by atoms with Gasteiger partial charge in [0.05, 0.1) is 0 Å². The van der Waals surface area contributed by atoms with E-state index in [1.807, 2.05) is 0 Å². The van der Waals surface area contributed by atoms with Crippen molar-refractivity contribution < 1.29 is 0 Å². The predicted octanol–water partition coefficient (Wildman–Crippen LogP) is 1.47. The van der Waals surface area contributed by atoms with Gasteiger partial charge in [0.2, 0.25) is 0 Å². The molecule has 12 heavy (non-hydrogen) atoms. The summed E-state index contributed by atoms with van der Waals surface area (Å²) in [5.74, 6) is 0. The first-order valence-electron chi connectivity index (χ1n) is 5.32. The van der Waals surface area contributed by atoms with Crippen LogP contribution in [0.15, 0.2) is 0 Å². The summed E-state index contributed by atoms with van der Waals surface area (Å²) < 4.78 is 0. The summed E-state index contributed by atoms with van der Waals surface area (Å²) in [5, 5.41) is 3.51. The fourth-order valence-corrected chi connectivity index (χ4v) is 1.87. The van der Waals surface area contributed by atoms with Gasteiger partial charge in [-0.15, -0.1) is 0 Å². The van der Waals surface area contributed by atoms with Gasteiger partial charge in [-0.05, 0) is 32.5 Å². The summed E-state index contributed by atoms with van der Waals surface area (Å²) in [6, 6.07) is 0.770. The minimum atomic E-state index is 0.770. The van der Waals surface area contributed by atoms with E-state index in [1.54, 1.807) is 0 Å². The molecule has 0 aromatic heterocycles. The summed E-state index contributed by atoms with van der Waals surface area (Å²) >= 11 is 0. The molecule has 0 amide bonds. The second-order valence-electron chi connectivity index (χ2n) is 3.70. The number of likely N-dealkylation sites (N-methyl/N-ethyl adjacent to an activating group) is 1. The molecular weight excluding hydrogens is 148 g/mol. The lowest BCUT2D eigenvalue weighted by atomic mass is 10.3. The van der Waals surface area contributed by atoms with Crippen LogP contribution < -0.4 is 5.32 Å². The van der Waals surface area contributed by atoms with E-state index in [9.17, 15) is 0 Å². The number of hydrogen-bond acceptors (Lipinski definition) is 2. The number of nitrogens with zero attached hydrogens (tertiary/aromatic N) is 1. The van der Waals surface area contributed by atoms with Crippen molar-refractivity contribution in [2.75, 3.05) is 26.2 Å². The Morgan fingerprint density at radius 2 is 2.25 bits per heavy atom. The molecule has 1 saturated heterocycles. The van der Waals surface area contributed by atoms with Gasteiger partial charge in [-0.3, -0.25) is 0 Å². The Hall–Kier alpha value is -0.0800. The number of hydrogen-bond donors (Lipinski definition) is 1. The number of unbranched alkanes of at least 4 members (excludes halogenated alkanes) is 1. The fourth-order valence-electron chi connectivity index (χ4n) is 1.87. The van der Waals surface area contributed by atoms with Crippen molar-refractivity contribution in [2.45, 2.75) is 39.2 Å². The molecule has 0 saturated carbocycles. The Balaban J connectivity index is 2.08. The molecule has 0 bridgehead atoms. The first-order chi connectivity index (χ1) is 5.86. The zero-order valence-electron chi connectivity index (χ0n) is 8.47. The molecule has 2 nitrogen and oxygen atoms in total. The summed E-state index contributed by atoms with van der Waals surface area (Å²) in [6.07, 6.45) is 4.03. The highest BCUT2D eigenvalue weighted by atomic mass is 15.2. The minimum absolute atomic E-state index is 0.770. The predicted molar refractivity (Wildman–Crippen MR) is 53.4 cm³/mol. The summed E-state index contributed by atoms with van der Waals surface area (Å²) in [6.45, 7) is 9.45. The zero-order valence-corrected chi connectivity index (χ0v) is 8.47. The number of likely N-dealkylation sites (tertiary alicyclic amines) is 1. The van der Waals surface area contributed by atoms with Crippen LogP contribution in [0, 0.1) is 0 Å². The lowest BCUT2D eigenvalue weighted by Gasteiger charge is -2.15. The van der Waals surface area contributed by atoms with Gasteiger partial charge in [0, 0.05) is 12.6 Å². The molecule has 1 rings (SSSR count). The van der Waals surface area contributed by atoms with Gasteiger partial charge in [-0.1, -0.05) is 20.3 Å². The summed E-state index contributed by atoms with van der Waals surface area (Å²) in [7, 11) is 0. The smallest absolute Gasteiger partial charge is 0.0207 e. The Morgan fingerprint density at radius 3 is 2.92 bits per heavy atom. The molecule has 1 aliphatic rings. The molecular formula is C10H22N2. The Kier molecular flexibility index (Phi) is 4.62. The van der Waals surface area contributed by atoms with Crippen molar-refractivity contribution in [3.63, 3.8) is 0 Å². The minimum Gasteiger partial charge on any atom is -0.313 e. The highest BCUT2D eigenvalue weighted by molar-refractivity contribution is 4.79. The van der Waals surface area contributed by atoms with E-state index in [1.165, 1.54) is 38.9 Å². The van der Waals surface area contributed by atoms with Crippen molar-refractivity contribution >= 4 is 0 Å². The van der Waals surface area contributed by atoms with Gasteiger partial charge in [-0.25, -0.2) is 0 Å². The van der Waals surface area contributed by atoms with Crippen LogP contribution in [0.3, 0.4) is 0 Å². The Labute approximate surface area is 76.3 Å². The van der Waals surface area contributed by atoms with E-state index in [4.69, 9.17) is 0 Å². The second-order valence-corrected chi connectivity index (χ2v) is 3.70. The molecule has 0 aliphatic carbocycles. The standard InChI is InChI=1S/C10H22N2/c1-3-5-7-12-8-6-10(9-12)11-4-2/h10-11H,3-9H2,1-2H3. The first-order valence-corrected chi connectivity index (χ1v) is 5.32. The van der Waals surface area contributed by atoms with Crippen LogP contribution in [0.1, 0.15) is 33.1 Å². The number of rotatable bonds is 5. The van der Waals surface area contributed by atoms with Crippen molar-refractivity contribution in [1.82, 2.24) is 10.2 Å². The summed E-state index contributed by atoms with van der Waals surface area (Å²) in [4.78, 5) is 2.58. The lowest BCUT2D eigenvalue weighted by Crippen LogP contribution is -2.32. The normalized spacial score (nSPS) is 25.0. The molecule has 2 heteroatoms. The maximum Gasteiger partial charge on any atom is 0.0207 e. The average Bonchev–Trinajstić information content (AvgIpc) is 2.50. The van der Waals surface area contributed by atoms with Crippen molar-refractivity contribution in [1.29, 1.82) is 0 Å². The van der Waals surface area contributed by atoms with Crippen molar-refractivity contribution in [3.05, 3.63) is 0 Å².